The molecule has 8 heteroatoms. The van der Waals surface area contributed by atoms with Crippen LogP contribution in [0.25, 0.3) is 0 Å². The summed E-state index contributed by atoms with van der Waals surface area (Å²) in [6, 6.07) is 9.17. The predicted molar refractivity (Wildman–Crippen MR) is 86.9 cm³/mol. The van der Waals surface area contributed by atoms with Crippen LogP contribution in [-0.2, 0) is 17.5 Å². The molecule has 0 radical (unpaired) electrons. The second kappa shape index (κ2) is 7.57. The van der Waals surface area contributed by atoms with E-state index in [4.69, 9.17) is 4.74 Å². The van der Waals surface area contributed by atoms with E-state index in [9.17, 15) is 13.2 Å². The van der Waals surface area contributed by atoms with Gasteiger partial charge < -0.3 is 4.74 Å². The van der Waals surface area contributed by atoms with E-state index in [-0.39, 0.29) is 12.2 Å². The van der Waals surface area contributed by atoms with Gasteiger partial charge in [-0.05, 0) is 12.5 Å². The highest BCUT2D eigenvalue weighted by atomic mass is 19.4. The lowest BCUT2D eigenvalue weighted by Gasteiger charge is -2.22. The highest BCUT2D eigenvalue weighted by Crippen LogP contribution is 2.37. The number of rotatable bonds is 5. The monoisotopic (exact) mass is 360 g/mol. The van der Waals surface area contributed by atoms with Gasteiger partial charge in [0, 0.05) is 29.2 Å². The number of aromatic nitrogens is 4. The van der Waals surface area contributed by atoms with E-state index in [1.807, 2.05) is 30.3 Å². The summed E-state index contributed by atoms with van der Waals surface area (Å²) in [5.74, 6) is 0. The fourth-order valence-corrected chi connectivity index (χ4v) is 2.53. The molecule has 3 rings (SSSR count). The van der Waals surface area contributed by atoms with Crippen molar-refractivity contribution in [2.75, 3.05) is 0 Å². The third-order valence-electron chi connectivity index (χ3n) is 3.78. The first-order chi connectivity index (χ1) is 12.5. The predicted octanol–water partition coefficient (Wildman–Crippen LogP) is 3.90. The zero-order valence-corrected chi connectivity index (χ0v) is 13.8. The van der Waals surface area contributed by atoms with Crippen LogP contribution in [0, 0.1) is 6.92 Å². The normalized spacial score (nSPS) is 12.8. The van der Waals surface area contributed by atoms with Gasteiger partial charge in [0.25, 0.3) is 0 Å². The minimum absolute atomic E-state index is 0.117. The fraction of sp³-hybridized carbons (Fsp3) is 0.222. The van der Waals surface area contributed by atoms with E-state index in [0.717, 1.165) is 18.1 Å². The minimum Gasteiger partial charge on any atom is -0.364 e. The number of benzene rings is 1. The molecule has 0 spiro atoms. The molecule has 0 saturated heterocycles. The van der Waals surface area contributed by atoms with Crippen molar-refractivity contribution in [2.24, 2.45) is 0 Å². The summed E-state index contributed by atoms with van der Waals surface area (Å²) in [6.45, 7) is 1.80. The van der Waals surface area contributed by atoms with Gasteiger partial charge in [0.2, 0.25) is 0 Å². The molecule has 1 unspecified atom stereocenters. The largest absolute Gasteiger partial charge is 0.433 e. The molecule has 0 aliphatic carbocycles. The molecule has 1 atom stereocenters. The van der Waals surface area contributed by atoms with Gasteiger partial charge in [0.1, 0.15) is 18.8 Å². The Morgan fingerprint density at radius 2 is 1.62 bits per heavy atom. The van der Waals surface area contributed by atoms with Crippen molar-refractivity contribution in [1.82, 2.24) is 19.9 Å². The summed E-state index contributed by atoms with van der Waals surface area (Å²) in [6.07, 6.45) is -0.901. The average molecular weight is 360 g/mol. The number of halogens is 3. The summed E-state index contributed by atoms with van der Waals surface area (Å²) in [5.41, 5.74) is 0.582. The van der Waals surface area contributed by atoms with Gasteiger partial charge in [-0.25, -0.2) is 19.9 Å². The van der Waals surface area contributed by atoms with Crippen LogP contribution in [0.15, 0.2) is 55.4 Å². The maximum absolute atomic E-state index is 13.4. The molecule has 0 aliphatic heterocycles. The molecule has 3 aromatic rings. The quantitative estimate of drug-likeness (QED) is 0.691. The van der Waals surface area contributed by atoms with Gasteiger partial charge in [-0.3, -0.25) is 0 Å². The van der Waals surface area contributed by atoms with Gasteiger partial charge in [-0.15, -0.1) is 0 Å². The Balaban J connectivity index is 2.03. The molecule has 1 aromatic carbocycles. The molecular weight excluding hydrogens is 345 g/mol. The summed E-state index contributed by atoms with van der Waals surface area (Å²) in [4.78, 5) is 15.2. The number of ether oxygens (including phenoxy) is 1. The molecule has 0 saturated carbocycles. The highest BCUT2D eigenvalue weighted by Gasteiger charge is 2.38. The van der Waals surface area contributed by atoms with Crippen molar-refractivity contribution < 1.29 is 17.9 Å². The van der Waals surface area contributed by atoms with Crippen LogP contribution in [0.3, 0.4) is 0 Å². The highest BCUT2D eigenvalue weighted by molar-refractivity contribution is 5.33. The van der Waals surface area contributed by atoms with Crippen molar-refractivity contribution in [3.63, 3.8) is 0 Å². The number of hydrogen-bond donors (Lipinski definition) is 0. The molecule has 0 amide bonds. The molecule has 0 bridgehead atoms. The first-order valence-corrected chi connectivity index (χ1v) is 7.76. The second-order valence-corrected chi connectivity index (χ2v) is 5.56. The Morgan fingerprint density at radius 3 is 2.27 bits per heavy atom. The molecule has 5 nitrogen and oxygen atoms in total. The number of hydrogen-bond acceptors (Lipinski definition) is 5. The lowest BCUT2D eigenvalue weighted by atomic mass is 10.0. The average Bonchev–Trinajstić information content (AvgIpc) is 2.64. The topological polar surface area (TPSA) is 60.8 Å². The van der Waals surface area contributed by atoms with E-state index in [2.05, 4.69) is 19.9 Å². The second-order valence-electron chi connectivity index (χ2n) is 5.56. The summed E-state index contributed by atoms with van der Waals surface area (Å²) in [5, 5.41) is 0. The number of nitrogens with zero attached hydrogens (tertiary/aromatic N) is 4. The maximum atomic E-state index is 13.4. The summed E-state index contributed by atoms with van der Waals surface area (Å²) >= 11 is 0. The minimum atomic E-state index is -4.63. The van der Waals surface area contributed by atoms with Gasteiger partial charge in [0.05, 0.1) is 6.61 Å². The van der Waals surface area contributed by atoms with Crippen LogP contribution >= 0.6 is 0 Å². The van der Waals surface area contributed by atoms with Gasteiger partial charge >= 0.3 is 6.18 Å². The van der Waals surface area contributed by atoms with Crippen LogP contribution in [0.2, 0.25) is 0 Å². The van der Waals surface area contributed by atoms with Gasteiger partial charge in [0.15, 0.2) is 5.69 Å². The lowest BCUT2D eigenvalue weighted by molar-refractivity contribution is -0.143. The molecule has 26 heavy (non-hydrogen) atoms. The molecule has 0 N–H and O–H groups in total. The Bertz CT molecular complexity index is 872. The Morgan fingerprint density at radius 1 is 0.962 bits per heavy atom. The summed E-state index contributed by atoms with van der Waals surface area (Å²) < 4.78 is 46.1. The smallest absolute Gasteiger partial charge is 0.364 e. The fourth-order valence-electron chi connectivity index (χ4n) is 2.53. The molecule has 2 aromatic heterocycles. The Labute approximate surface area is 147 Å². The number of aryl methyl sites for hydroxylation is 1. The maximum Gasteiger partial charge on any atom is 0.433 e. The third kappa shape index (κ3) is 4.02. The first-order valence-electron chi connectivity index (χ1n) is 7.76. The van der Waals surface area contributed by atoms with E-state index in [1.54, 1.807) is 6.92 Å². The third-order valence-corrected chi connectivity index (χ3v) is 3.78. The van der Waals surface area contributed by atoms with Crippen molar-refractivity contribution >= 4 is 0 Å². The molecule has 0 aliphatic rings. The van der Waals surface area contributed by atoms with Crippen molar-refractivity contribution in [1.29, 1.82) is 0 Å². The van der Waals surface area contributed by atoms with E-state index in [1.165, 1.54) is 12.5 Å². The molecular formula is C18H15F3N4O. The van der Waals surface area contributed by atoms with E-state index in [0.29, 0.717) is 11.3 Å². The van der Waals surface area contributed by atoms with Crippen LogP contribution in [0.1, 0.15) is 34.2 Å². The zero-order valence-electron chi connectivity index (χ0n) is 13.8. The van der Waals surface area contributed by atoms with Gasteiger partial charge in [-0.1, -0.05) is 30.3 Å². The molecule has 134 valence electrons. The lowest BCUT2D eigenvalue weighted by Crippen LogP contribution is -2.18. The number of alkyl halides is 3. The van der Waals surface area contributed by atoms with E-state index < -0.39 is 18.0 Å². The van der Waals surface area contributed by atoms with Crippen molar-refractivity contribution in [2.45, 2.75) is 25.8 Å². The van der Waals surface area contributed by atoms with Gasteiger partial charge in [-0.2, -0.15) is 13.2 Å². The van der Waals surface area contributed by atoms with Crippen molar-refractivity contribution in [3.8, 4) is 0 Å². The molecule has 2 heterocycles. The standard InChI is InChI=1S/C18H15F3N4O/c1-12-14(7-22-10-24-12)16(26-9-13-5-3-2-4-6-13)15-8-23-11-25-17(15)18(19,20)21/h2-8,10-11,16H,9H2,1H3. The SMILES string of the molecule is Cc1ncncc1C(OCc1ccccc1)c1cncnc1C(F)(F)F. The zero-order chi connectivity index (χ0) is 18.6. The Kier molecular flexibility index (Phi) is 5.22. The van der Waals surface area contributed by atoms with Crippen LogP contribution < -0.4 is 0 Å². The van der Waals surface area contributed by atoms with Crippen molar-refractivity contribution in [3.05, 3.63) is 83.5 Å². The first kappa shape index (κ1) is 17.9. The van der Waals surface area contributed by atoms with Crippen LogP contribution in [-0.4, -0.2) is 19.9 Å². The summed E-state index contributed by atoms with van der Waals surface area (Å²) in [7, 11) is 0. The van der Waals surface area contributed by atoms with Crippen LogP contribution in [0.4, 0.5) is 13.2 Å². The van der Waals surface area contributed by atoms with Crippen LogP contribution in [0.5, 0.6) is 0 Å². The molecule has 0 fully saturated rings. The van der Waals surface area contributed by atoms with E-state index >= 15 is 0 Å². The Hall–Kier alpha value is -2.87.